The van der Waals surface area contributed by atoms with Crippen LogP contribution in [0.1, 0.15) is 33.1 Å². The Morgan fingerprint density at radius 1 is 1.42 bits per heavy atom. The SMILES string of the molecule is CCC1C(=O)NC(=O)CN1C(=O)C1CC(C)CCN1. The van der Waals surface area contributed by atoms with Crippen molar-refractivity contribution < 1.29 is 14.4 Å². The van der Waals surface area contributed by atoms with E-state index >= 15 is 0 Å². The monoisotopic (exact) mass is 267 g/mol. The van der Waals surface area contributed by atoms with Gasteiger partial charge in [0.25, 0.3) is 0 Å². The number of carbonyl (C=O) groups is 3. The van der Waals surface area contributed by atoms with Crippen LogP contribution in [0, 0.1) is 5.92 Å². The van der Waals surface area contributed by atoms with Crippen molar-refractivity contribution in [2.24, 2.45) is 5.92 Å². The molecule has 19 heavy (non-hydrogen) atoms. The Morgan fingerprint density at radius 2 is 2.16 bits per heavy atom. The zero-order chi connectivity index (χ0) is 14.0. The van der Waals surface area contributed by atoms with Crippen LogP contribution in [-0.2, 0) is 14.4 Å². The van der Waals surface area contributed by atoms with Crippen LogP contribution < -0.4 is 10.6 Å². The van der Waals surface area contributed by atoms with Gasteiger partial charge in [0.15, 0.2) is 0 Å². The first-order valence-corrected chi connectivity index (χ1v) is 6.90. The molecule has 2 aliphatic rings. The zero-order valence-electron chi connectivity index (χ0n) is 11.4. The van der Waals surface area contributed by atoms with Crippen LogP contribution in [0.15, 0.2) is 0 Å². The minimum atomic E-state index is -0.524. The second-order valence-corrected chi connectivity index (χ2v) is 5.44. The van der Waals surface area contributed by atoms with Crippen LogP contribution in [0.5, 0.6) is 0 Å². The molecular formula is C13H21N3O3. The van der Waals surface area contributed by atoms with E-state index in [2.05, 4.69) is 17.6 Å². The van der Waals surface area contributed by atoms with E-state index in [9.17, 15) is 14.4 Å². The average Bonchev–Trinajstić information content (AvgIpc) is 2.37. The Bertz CT molecular complexity index is 397. The Morgan fingerprint density at radius 3 is 2.79 bits per heavy atom. The first-order chi connectivity index (χ1) is 9.02. The van der Waals surface area contributed by atoms with Gasteiger partial charge in [-0.1, -0.05) is 13.8 Å². The number of imide groups is 1. The van der Waals surface area contributed by atoms with E-state index in [-0.39, 0.29) is 24.4 Å². The summed E-state index contributed by atoms with van der Waals surface area (Å²) in [4.78, 5) is 37.1. The number of nitrogens with zero attached hydrogens (tertiary/aromatic N) is 1. The van der Waals surface area contributed by atoms with E-state index in [1.54, 1.807) is 0 Å². The summed E-state index contributed by atoms with van der Waals surface area (Å²) < 4.78 is 0. The van der Waals surface area contributed by atoms with Crippen LogP contribution in [0.4, 0.5) is 0 Å². The Hall–Kier alpha value is -1.43. The van der Waals surface area contributed by atoms with Crippen molar-refractivity contribution in [3.8, 4) is 0 Å². The number of rotatable bonds is 2. The van der Waals surface area contributed by atoms with Crippen molar-refractivity contribution in [3.05, 3.63) is 0 Å². The summed E-state index contributed by atoms with van der Waals surface area (Å²) in [5, 5.41) is 5.47. The zero-order valence-corrected chi connectivity index (χ0v) is 11.4. The highest BCUT2D eigenvalue weighted by molar-refractivity contribution is 6.04. The molecule has 106 valence electrons. The van der Waals surface area contributed by atoms with Gasteiger partial charge >= 0.3 is 0 Å². The van der Waals surface area contributed by atoms with Gasteiger partial charge in [0.05, 0.1) is 6.04 Å². The molecule has 0 aromatic rings. The van der Waals surface area contributed by atoms with Crippen molar-refractivity contribution in [1.82, 2.24) is 15.5 Å². The number of nitrogens with one attached hydrogen (secondary N) is 2. The molecule has 2 aliphatic heterocycles. The van der Waals surface area contributed by atoms with Gasteiger partial charge in [0.1, 0.15) is 12.6 Å². The Kier molecular flexibility index (Phi) is 4.19. The molecule has 2 fully saturated rings. The maximum atomic E-state index is 12.5. The van der Waals surface area contributed by atoms with E-state index in [1.165, 1.54) is 4.90 Å². The summed E-state index contributed by atoms with van der Waals surface area (Å²) in [5.74, 6) is -0.394. The number of carbonyl (C=O) groups excluding carboxylic acids is 3. The van der Waals surface area contributed by atoms with E-state index in [1.807, 2.05) is 6.92 Å². The van der Waals surface area contributed by atoms with Crippen molar-refractivity contribution in [2.45, 2.75) is 45.2 Å². The molecule has 3 unspecified atom stereocenters. The Balaban J connectivity index is 2.11. The minimum Gasteiger partial charge on any atom is -0.320 e. The van der Waals surface area contributed by atoms with Gasteiger partial charge in [-0.05, 0) is 31.7 Å². The third-order valence-corrected chi connectivity index (χ3v) is 3.89. The van der Waals surface area contributed by atoms with E-state index < -0.39 is 11.9 Å². The fourth-order valence-electron chi connectivity index (χ4n) is 2.80. The summed E-state index contributed by atoms with van der Waals surface area (Å²) >= 11 is 0. The molecule has 2 N–H and O–H groups in total. The third kappa shape index (κ3) is 2.94. The smallest absolute Gasteiger partial charge is 0.249 e. The summed E-state index contributed by atoms with van der Waals surface area (Å²) in [7, 11) is 0. The third-order valence-electron chi connectivity index (χ3n) is 3.89. The molecule has 0 bridgehead atoms. The number of piperazine rings is 1. The minimum absolute atomic E-state index is 0.0182. The van der Waals surface area contributed by atoms with Gasteiger partial charge in [-0.2, -0.15) is 0 Å². The van der Waals surface area contributed by atoms with Gasteiger partial charge in [-0.3, -0.25) is 19.7 Å². The van der Waals surface area contributed by atoms with Crippen LogP contribution in [-0.4, -0.2) is 47.8 Å². The first-order valence-electron chi connectivity index (χ1n) is 6.90. The molecule has 0 spiro atoms. The van der Waals surface area contributed by atoms with Crippen LogP contribution in [0.3, 0.4) is 0 Å². The highest BCUT2D eigenvalue weighted by Gasteiger charge is 2.38. The lowest BCUT2D eigenvalue weighted by Crippen LogP contribution is -2.63. The van der Waals surface area contributed by atoms with Gasteiger partial charge in [-0.15, -0.1) is 0 Å². The molecule has 2 heterocycles. The van der Waals surface area contributed by atoms with Crippen molar-refractivity contribution in [1.29, 1.82) is 0 Å². The van der Waals surface area contributed by atoms with E-state index in [0.717, 1.165) is 19.4 Å². The number of hydrogen-bond donors (Lipinski definition) is 2. The maximum absolute atomic E-state index is 12.5. The van der Waals surface area contributed by atoms with Gasteiger partial charge < -0.3 is 10.2 Å². The molecule has 6 heteroatoms. The molecule has 0 aliphatic carbocycles. The predicted molar refractivity (Wildman–Crippen MR) is 69.1 cm³/mol. The van der Waals surface area contributed by atoms with Gasteiger partial charge in [0.2, 0.25) is 17.7 Å². The fourth-order valence-corrected chi connectivity index (χ4v) is 2.80. The van der Waals surface area contributed by atoms with E-state index in [0.29, 0.717) is 12.3 Å². The molecule has 6 nitrogen and oxygen atoms in total. The summed E-state index contributed by atoms with van der Waals surface area (Å²) in [6.07, 6.45) is 2.34. The van der Waals surface area contributed by atoms with E-state index in [4.69, 9.17) is 0 Å². The van der Waals surface area contributed by atoms with Crippen molar-refractivity contribution >= 4 is 17.7 Å². The lowest BCUT2D eigenvalue weighted by molar-refractivity contribution is -0.151. The molecule has 0 radical (unpaired) electrons. The topological polar surface area (TPSA) is 78.5 Å². The predicted octanol–water partition coefficient (Wildman–Crippen LogP) is -0.362. The van der Waals surface area contributed by atoms with Crippen molar-refractivity contribution in [2.75, 3.05) is 13.1 Å². The highest BCUT2D eigenvalue weighted by atomic mass is 16.2. The quantitative estimate of drug-likeness (QED) is 0.670. The number of hydrogen-bond acceptors (Lipinski definition) is 4. The summed E-state index contributed by atoms with van der Waals surface area (Å²) in [5.41, 5.74) is 0. The largest absolute Gasteiger partial charge is 0.320 e. The Labute approximate surface area is 112 Å². The normalized spacial score (nSPS) is 32.1. The van der Waals surface area contributed by atoms with Crippen LogP contribution in [0.25, 0.3) is 0 Å². The molecule has 3 atom stereocenters. The lowest BCUT2D eigenvalue weighted by Gasteiger charge is -2.37. The molecule has 2 saturated heterocycles. The second-order valence-electron chi connectivity index (χ2n) is 5.44. The van der Waals surface area contributed by atoms with Gasteiger partial charge in [-0.25, -0.2) is 0 Å². The molecular weight excluding hydrogens is 246 g/mol. The second kappa shape index (κ2) is 5.69. The van der Waals surface area contributed by atoms with Crippen molar-refractivity contribution in [3.63, 3.8) is 0 Å². The van der Waals surface area contributed by atoms with Gasteiger partial charge in [0, 0.05) is 0 Å². The summed E-state index contributed by atoms with van der Waals surface area (Å²) in [6.45, 7) is 4.75. The average molecular weight is 267 g/mol. The highest BCUT2D eigenvalue weighted by Crippen LogP contribution is 2.19. The lowest BCUT2D eigenvalue weighted by atomic mass is 9.93. The maximum Gasteiger partial charge on any atom is 0.249 e. The van der Waals surface area contributed by atoms with Crippen LogP contribution >= 0.6 is 0 Å². The number of amides is 3. The summed E-state index contributed by atoms with van der Waals surface area (Å²) in [6, 6.07) is -0.791. The first kappa shape index (κ1) is 14.0. The standard InChI is InChI=1S/C13H21N3O3/c1-3-10-12(18)15-11(17)7-16(10)13(19)9-6-8(2)4-5-14-9/h8-10,14H,3-7H2,1-2H3,(H,15,17,18). The molecule has 2 rings (SSSR count). The molecule has 0 aromatic heterocycles. The molecule has 0 saturated carbocycles. The molecule has 0 aromatic carbocycles. The molecule has 3 amide bonds. The number of piperidine rings is 1. The van der Waals surface area contributed by atoms with Crippen LogP contribution in [0.2, 0.25) is 0 Å². The fraction of sp³-hybridized carbons (Fsp3) is 0.769.